The van der Waals surface area contributed by atoms with E-state index >= 15 is 0 Å². The van der Waals surface area contributed by atoms with Crippen molar-refractivity contribution in [2.45, 2.75) is 35.9 Å². The van der Waals surface area contributed by atoms with Crippen molar-refractivity contribution in [3.05, 3.63) is 29.6 Å². The van der Waals surface area contributed by atoms with Crippen LogP contribution in [0.2, 0.25) is 0 Å². The molecule has 1 N–H and O–H groups in total. The highest BCUT2D eigenvalue weighted by molar-refractivity contribution is 7.90. The average molecular weight is 490 g/mol. The van der Waals surface area contributed by atoms with E-state index in [0.717, 1.165) is 29.7 Å². The van der Waals surface area contributed by atoms with E-state index in [1.165, 1.54) is 13.1 Å². The van der Waals surface area contributed by atoms with Gasteiger partial charge in [-0.05, 0) is 31.0 Å². The van der Waals surface area contributed by atoms with E-state index in [9.17, 15) is 35.2 Å². The fraction of sp³-hybridized carbons (Fsp3) is 0.389. The molecule has 0 atom stereocenters. The first kappa shape index (κ1) is 22.9. The fourth-order valence-electron chi connectivity index (χ4n) is 3.02. The number of carbonyl (C=O) groups excluding carboxylic acids is 1. The van der Waals surface area contributed by atoms with Crippen LogP contribution in [0.15, 0.2) is 23.1 Å². The van der Waals surface area contributed by atoms with E-state index in [0.29, 0.717) is 6.07 Å². The Morgan fingerprint density at radius 3 is 2.36 bits per heavy atom. The van der Waals surface area contributed by atoms with Crippen LogP contribution in [0.4, 0.5) is 22.0 Å². The predicted molar refractivity (Wildman–Crippen MR) is 103 cm³/mol. The minimum Gasteiger partial charge on any atom is -0.348 e. The lowest BCUT2D eigenvalue weighted by atomic mass is 10.2. The number of fused-ring (bicyclic) bond motifs is 1. The van der Waals surface area contributed by atoms with Crippen LogP contribution in [0, 0.1) is 0 Å². The molecule has 0 saturated heterocycles. The number of alkyl halides is 5. The summed E-state index contributed by atoms with van der Waals surface area (Å²) in [7, 11) is -2.57. The third-order valence-electron chi connectivity index (χ3n) is 4.91. The number of carbonyl (C=O) groups is 1. The number of imidazole rings is 1. The molecule has 0 aliphatic heterocycles. The zero-order chi connectivity index (χ0) is 24.3. The predicted octanol–water partition coefficient (Wildman–Crippen LogP) is 2.38. The Labute approximate surface area is 183 Å². The van der Waals surface area contributed by atoms with Crippen LogP contribution in [0.25, 0.3) is 22.7 Å². The highest BCUT2D eigenvalue weighted by Gasteiger charge is 2.60. The molecule has 3 heterocycles. The number of pyridine rings is 1. The summed E-state index contributed by atoms with van der Waals surface area (Å²) in [4.78, 5) is 20.2. The summed E-state index contributed by atoms with van der Waals surface area (Å²) in [5.74, 6) is -6.04. The van der Waals surface area contributed by atoms with Gasteiger partial charge < -0.3 is 9.88 Å². The second-order valence-corrected chi connectivity index (χ2v) is 9.55. The summed E-state index contributed by atoms with van der Waals surface area (Å²) < 4.78 is 91.2. The van der Waals surface area contributed by atoms with Gasteiger partial charge in [0.15, 0.2) is 21.3 Å². The van der Waals surface area contributed by atoms with Gasteiger partial charge in [-0.1, -0.05) is 0 Å². The summed E-state index contributed by atoms with van der Waals surface area (Å²) in [5.41, 5.74) is -2.66. The van der Waals surface area contributed by atoms with E-state index in [4.69, 9.17) is 0 Å². The lowest BCUT2D eigenvalue weighted by Gasteiger charge is -2.17. The van der Waals surface area contributed by atoms with Gasteiger partial charge in [0.2, 0.25) is 0 Å². The molecule has 0 radical (unpaired) electrons. The highest BCUT2D eigenvalue weighted by Crippen LogP contribution is 2.43. The zero-order valence-electron chi connectivity index (χ0n) is 17.0. The van der Waals surface area contributed by atoms with Gasteiger partial charge in [-0.2, -0.15) is 22.0 Å². The highest BCUT2D eigenvalue weighted by atomic mass is 32.2. The lowest BCUT2D eigenvalue weighted by molar-refractivity contribution is -0.291. The third-order valence-corrected chi connectivity index (χ3v) is 6.04. The molecule has 0 aromatic carbocycles. The van der Waals surface area contributed by atoms with Crippen molar-refractivity contribution in [1.29, 1.82) is 0 Å². The molecule has 0 unspecified atom stereocenters. The molecule has 1 saturated carbocycles. The van der Waals surface area contributed by atoms with Crippen molar-refractivity contribution in [2.24, 2.45) is 7.05 Å². The van der Waals surface area contributed by atoms with Crippen LogP contribution in [0.5, 0.6) is 0 Å². The molecule has 1 aliphatic rings. The van der Waals surface area contributed by atoms with Crippen LogP contribution in [0.1, 0.15) is 29.0 Å². The average Bonchev–Trinajstić information content (AvgIpc) is 3.47. The van der Waals surface area contributed by atoms with Gasteiger partial charge in [-0.3, -0.25) is 4.79 Å². The van der Waals surface area contributed by atoms with E-state index < -0.39 is 39.1 Å². The van der Waals surface area contributed by atoms with Crippen molar-refractivity contribution in [1.82, 2.24) is 30.0 Å². The normalized spacial score (nSPS) is 15.1. The Morgan fingerprint density at radius 1 is 1.12 bits per heavy atom. The second-order valence-electron chi connectivity index (χ2n) is 7.57. The minimum absolute atomic E-state index is 0.00270. The first-order valence-electron chi connectivity index (χ1n) is 9.37. The van der Waals surface area contributed by atoms with E-state index in [-0.39, 0.29) is 33.8 Å². The number of rotatable bonds is 5. The van der Waals surface area contributed by atoms with E-state index in [1.54, 1.807) is 0 Å². The van der Waals surface area contributed by atoms with Crippen molar-refractivity contribution in [2.75, 3.05) is 6.26 Å². The lowest BCUT2D eigenvalue weighted by Crippen LogP contribution is -2.34. The van der Waals surface area contributed by atoms with Gasteiger partial charge in [0.25, 0.3) is 5.91 Å². The van der Waals surface area contributed by atoms with Gasteiger partial charge in [0.1, 0.15) is 22.6 Å². The number of halogens is 5. The number of amides is 1. The Balaban J connectivity index is 1.88. The van der Waals surface area contributed by atoms with Crippen LogP contribution in [-0.4, -0.2) is 57.5 Å². The Hall–Kier alpha value is -3.23. The monoisotopic (exact) mass is 490 g/mol. The molecular weight excluding hydrogens is 475 g/mol. The van der Waals surface area contributed by atoms with Crippen molar-refractivity contribution >= 4 is 26.9 Å². The largest absolute Gasteiger partial charge is 0.459 e. The molecule has 9 nitrogen and oxygen atoms in total. The topological polar surface area (TPSA) is 120 Å². The molecule has 3 aromatic heterocycles. The van der Waals surface area contributed by atoms with E-state index in [2.05, 4.69) is 25.5 Å². The number of aryl methyl sites for hydroxylation is 1. The third kappa shape index (κ3) is 4.12. The molecule has 1 fully saturated rings. The standard InChI is InChI=1S/C18H15F5N6O3S/c1-29-14-10(7-12(27-28-14)17(19,20)18(21,22)23)26-15(29)13-11(33(2,31)32)6-5-9(25-13)16(30)24-8-3-4-8/h5-8H,3-4H2,1-2H3,(H,24,30). The molecule has 0 bridgehead atoms. The summed E-state index contributed by atoms with van der Waals surface area (Å²) in [6.07, 6.45) is -3.41. The molecule has 3 aromatic rings. The van der Waals surface area contributed by atoms with Gasteiger partial charge in [-0.25, -0.2) is 18.4 Å². The van der Waals surface area contributed by atoms with Crippen LogP contribution >= 0.6 is 0 Å². The van der Waals surface area contributed by atoms with Gasteiger partial charge in [0.05, 0.1) is 4.90 Å². The maximum absolute atomic E-state index is 13.7. The first-order valence-corrected chi connectivity index (χ1v) is 11.3. The second kappa shape index (κ2) is 7.40. The number of hydrogen-bond acceptors (Lipinski definition) is 7. The maximum atomic E-state index is 13.7. The maximum Gasteiger partial charge on any atom is 0.459 e. The molecule has 15 heteroatoms. The van der Waals surface area contributed by atoms with Gasteiger partial charge >= 0.3 is 12.1 Å². The van der Waals surface area contributed by atoms with Crippen LogP contribution in [0.3, 0.4) is 0 Å². The quantitative estimate of drug-likeness (QED) is 0.546. The van der Waals surface area contributed by atoms with Crippen molar-refractivity contribution in [3.63, 3.8) is 0 Å². The number of sulfone groups is 1. The summed E-state index contributed by atoms with van der Waals surface area (Å²) >= 11 is 0. The van der Waals surface area contributed by atoms with Crippen molar-refractivity contribution < 1.29 is 35.2 Å². The van der Waals surface area contributed by atoms with Crippen molar-refractivity contribution in [3.8, 4) is 11.5 Å². The molecule has 0 spiro atoms. The first-order chi connectivity index (χ1) is 15.2. The van der Waals surface area contributed by atoms with Crippen LogP contribution < -0.4 is 5.32 Å². The summed E-state index contributed by atoms with van der Waals surface area (Å²) in [6, 6.07) is 2.77. The smallest absolute Gasteiger partial charge is 0.348 e. The number of nitrogens with zero attached hydrogens (tertiary/aromatic N) is 5. The molecule has 33 heavy (non-hydrogen) atoms. The summed E-state index contributed by atoms with van der Waals surface area (Å²) in [6.45, 7) is 0. The summed E-state index contributed by atoms with van der Waals surface area (Å²) in [5, 5.41) is 9.10. The Morgan fingerprint density at radius 2 is 1.79 bits per heavy atom. The SMILES string of the molecule is Cn1c(-c2nc(C(=O)NC3CC3)ccc2S(C)(=O)=O)nc2cc(C(F)(F)C(F)(F)F)nnc21. The molecule has 4 rings (SSSR count). The van der Waals surface area contributed by atoms with Crippen LogP contribution in [-0.2, 0) is 22.8 Å². The molecule has 1 amide bonds. The molecular formula is C18H15F5N6O3S. The zero-order valence-corrected chi connectivity index (χ0v) is 17.8. The minimum atomic E-state index is -5.90. The van der Waals surface area contributed by atoms with Gasteiger partial charge in [-0.15, -0.1) is 10.2 Å². The molecule has 176 valence electrons. The van der Waals surface area contributed by atoms with E-state index in [1.807, 2.05) is 0 Å². The fourth-order valence-corrected chi connectivity index (χ4v) is 3.82. The number of nitrogens with one attached hydrogen (secondary N) is 1. The Kier molecular flexibility index (Phi) is 5.14. The number of aromatic nitrogens is 5. The Bertz CT molecular complexity index is 1380. The molecule has 1 aliphatic carbocycles. The van der Waals surface area contributed by atoms with Gasteiger partial charge in [0, 0.05) is 19.3 Å². The number of hydrogen-bond donors (Lipinski definition) is 1.